The Bertz CT molecular complexity index is 865. The number of nitrogens with one attached hydrogen (secondary N) is 1. The number of rotatable bonds is 4. The van der Waals surface area contributed by atoms with Crippen LogP contribution in [0.4, 0.5) is 0 Å². The fourth-order valence-corrected chi connectivity index (χ4v) is 2.95. The van der Waals surface area contributed by atoms with E-state index in [1.54, 1.807) is 23.3 Å². The van der Waals surface area contributed by atoms with Gasteiger partial charge < -0.3 is 14.1 Å². The van der Waals surface area contributed by atoms with E-state index in [-0.39, 0.29) is 12.0 Å². The number of ether oxygens (including phenoxy) is 1. The Morgan fingerprint density at radius 1 is 1.27 bits per heavy atom. The number of aromatic amines is 1. The number of piperidine rings is 1. The van der Waals surface area contributed by atoms with Crippen molar-refractivity contribution in [1.82, 2.24) is 25.3 Å². The van der Waals surface area contributed by atoms with Crippen LogP contribution >= 0.6 is 0 Å². The molecule has 3 aromatic heterocycles. The second kappa shape index (κ2) is 6.99. The molecule has 26 heavy (non-hydrogen) atoms. The average Bonchev–Trinajstić information content (AvgIpc) is 3.35. The van der Waals surface area contributed by atoms with Crippen LogP contribution in [0.15, 0.2) is 41.0 Å². The molecule has 0 aromatic carbocycles. The van der Waals surface area contributed by atoms with Gasteiger partial charge in [0.05, 0.1) is 12.0 Å². The number of carbonyl (C=O) groups is 1. The number of hydrogen-bond acceptors (Lipinski definition) is 6. The summed E-state index contributed by atoms with van der Waals surface area (Å²) in [6.45, 7) is 3.12. The lowest BCUT2D eigenvalue weighted by molar-refractivity contribution is 0.0580. The summed E-state index contributed by atoms with van der Waals surface area (Å²) in [6.07, 6.45) is 3.11. The van der Waals surface area contributed by atoms with Crippen molar-refractivity contribution in [3.8, 4) is 17.3 Å². The molecule has 134 valence electrons. The van der Waals surface area contributed by atoms with E-state index in [4.69, 9.17) is 9.15 Å². The lowest BCUT2D eigenvalue weighted by Crippen LogP contribution is -2.42. The van der Waals surface area contributed by atoms with Crippen molar-refractivity contribution >= 4 is 5.91 Å². The number of carbonyl (C=O) groups excluding carboxylic acids is 1. The molecule has 1 aliphatic heterocycles. The molecule has 4 heterocycles. The van der Waals surface area contributed by atoms with Crippen molar-refractivity contribution in [3.63, 3.8) is 0 Å². The number of aromatic nitrogens is 4. The average molecular weight is 353 g/mol. The lowest BCUT2D eigenvalue weighted by atomic mass is 10.1. The minimum absolute atomic E-state index is 0.0360. The van der Waals surface area contributed by atoms with Gasteiger partial charge in [0.25, 0.3) is 5.91 Å². The first-order valence-electron chi connectivity index (χ1n) is 8.54. The zero-order valence-corrected chi connectivity index (χ0v) is 14.4. The van der Waals surface area contributed by atoms with Gasteiger partial charge in [-0.05, 0) is 25.1 Å². The summed E-state index contributed by atoms with van der Waals surface area (Å²) in [4.78, 5) is 14.4. The predicted molar refractivity (Wildman–Crippen MR) is 92.6 cm³/mol. The van der Waals surface area contributed by atoms with E-state index in [9.17, 15) is 4.79 Å². The summed E-state index contributed by atoms with van der Waals surface area (Å²) in [5, 5.41) is 15.0. The smallest absolute Gasteiger partial charge is 0.274 e. The highest BCUT2D eigenvalue weighted by molar-refractivity contribution is 5.93. The fraction of sp³-hybridized carbons (Fsp3) is 0.333. The minimum atomic E-state index is -0.0902. The van der Waals surface area contributed by atoms with Crippen LogP contribution in [-0.4, -0.2) is 50.4 Å². The normalized spacial score (nSPS) is 15.2. The Labute approximate surface area is 150 Å². The van der Waals surface area contributed by atoms with E-state index in [1.807, 2.05) is 25.1 Å². The van der Waals surface area contributed by atoms with Crippen LogP contribution in [0.25, 0.3) is 11.5 Å². The van der Waals surface area contributed by atoms with E-state index in [2.05, 4.69) is 20.4 Å². The van der Waals surface area contributed by atoms with Gasteiger partial charge in [-0.1, -0.05) is 0 Å². The molecule has 1 aliphatic rings. The van der Waals surface area contributed by atoms with Gasteiger partial charge in [0.15, 0.2) is 11.5 Å². The van der Waals surface area contributed by atoms with Crippen molar-refractivity contribution < 1.29 is 13.9 Å². The minimum Gasteiger partial charge on any atom is -0.473 e. The summed E-state index contributed by atoms with van der Waals surface area (Å²) < 4.78 is 11.2. The summed E-state index contributed by atoms with van der Waals surface area (Å²) >= 11 is 0. The molecular weight excluding hydrogens is 334 g/mol. The van der Waals surface area contributed by atoms with Gasteiger partial charge in [-0.15, -0.1) is 5.10 Å². The second-order valence-electron chi connectivity index (χ2n) is 6.27. The molecule has 0 bridgehead atoms. The Kier molecular flexibility index (Phi) is 4.39. The van der Waals surface area contributed by atoms with E-state index in [0.29, 0.717) is 36.1 Å². The van der Waals surface area contributed by atoms with Crippen LogP contribution in [-0.2, 0) is 0 Å². The SMILES string of the molecule is Cc1ccc(OC2CCN(C(=O)c3cc(-c4ccco4)[nH]n3)CC2)nn1. The highest BCUT2D eigenvalue weighted by Crippen LogP contribution is 2.21. The van der Waals surface area contributed by atoms with Crippen molar-refractivity contribution in [2.24, 2.45) is 0 Å². The Balaban J connectivity index is 1.34. The Morgan fingerprint density at radius 2 is 2.12 bits per heavy atom. The highest BCUT2D eigenvalue weighted by atomic mass is 16.5. The third-order valence-electron chi connectivity index (χ3n) is 4.37. The van der Waals surface area contributed by atoms with Gasteiger partial charge >= 0.3 is 0 Å². The molecule has 1 amide bonds. The first kappa shape index (κ1) is 16.3. The van der Waals surface area contributed by atoms with Crippen molar-refractivity contribution in [2.75, 3.05) is 13.1 Å². The first-order chi connectivity index (χ1) is 12.7. The molecule has 0 spiro atoms. The molecular formula is C18H19N5O3. The van der Waals surface area contributed by atoms with Gasteiger partial charge in [-0.3, -0.25) is 9.89 Å². The first-order valence-corrected chi connectivity index (χ1v) is 8.54. The van der Waals surface area contributed by atoms with Crippen LogP contribution in [0.1, 0.15) is 29.0 Å². The summed E-state index contributed by atoms with van der Waals surface area (Å²) in [5.41, 5.74) is 1.93. The zero-order chi connectivity index (χ0) is 17.9. The molecule has 8 heteroatoms. The number of furan rings is 1. The summed E-state index contributed by atoms with van der Waals surface area (Å²) in [6, 6.07) is 9.01. The molecule has 0 saturated carbocycles. The molecule has 1 saturated heterocycles. The summed E-state index contributed by atoms with van der Waals surface area (Å²) in [5.74, 6) is 1.09. The maximum atomic E-state index is 12.6. The molecule has 0 aliphatic carbocycles. The number of nitrogens with zero attached hydrogens (tertiary/aromatic N) is 4. The molecule has 1 fully saturated rings. The van der Waals surface area contributed by atoms with Gasteiger partial charge in [-0.25, -0.2) is 0 Å². The maximum Gasteiger partial charge on any atom is 0.274 e. The van der Waals surface area contributed by atoms with Crippen molar-refractivity contribution in [1.29, 1.82) is 0 Å². The van der Waals surface area contributed by atoms with Crippen LogP contribution < -0.4 is 4.74 Å². The van der Waals surface area contributed by atoms with Gasteiger partial charge in [0.2, 0.25) is 5.88 Å². The fourth-order valence-electron chi connectivity index (χ4n) is 2.95. The number of H-pyrrole nitrogens is 1. The third-order valence-corrected chi connectivity index (χ3v) is 4.37. The van der Waals surface area contributed by atoms with Crippen molar-refractivity contribution in [3.05, 3.63) is 48.0 Å². The maximum absolute atomic E-state index is 12.6. The highest BCUT2D eigenvalue weighted by Gasteiger charge is 2.26. The van der Waals surface area contributed by atoms with Crippen LogP contribution in [0.3, 0.4) is 0 Å². The van der Waals surface area contributed by atoms with Crippen LogP contribution in [0.5, 0.6) is 5.88 Å². The topological polar surface area (TPSA) is 97.1 Å². The van der Waals surface area contributed by atoms with Gasteiger partial charge in [0.1, 0.15) is 11.8 Å². The monoisotopic (exact) mass is 353 g/mol. The van der Waals surface area contributed by atoms with Crippen LogP contribution in [0, 0.1) is 6.92 Å². The number of aryl methyl sites for hydroxylation is 1. The van der Waals surface area contributed by atoms with E-state index >= 15 is 0 Å². The number of likely N-dealkylation sites (tertiary alicyclic amines) is 1. The predicted octanol–water partition coefficient (Wildman–Crippen LogP) is 2.45. The summed E-state index contributed by atoms with van der Waals surface area (Å²) in [7, 11) is 0. The van der Waals surface area contributed by atoms with Crippen molar-refractivity contribution in [2.45, 2.75) is 25.9 Å². The Hall–Kier alpha value is -3.16. The van der Waals surface area contributed by atoms with E-state index in [1.165, 1.54) is 0 Å². The second-order valence-corrected chi connectivity index (χ2v) is 6.27. The molecule has 0 unspecified atom stereocenters. The molecule has 0 radical (unpaired) electrons. The standard InChI is InChI=1S/C18H19N5O3/c1-12-4-5-17(22-19-12)26-13-6-8-23(9-7-13)18(24)15-11-14(20-21-15)16-3-2-10-25-16/h2-5,10-11,13H,6-9H2,1H3,(H,20,21). The van der Waals surface area contributed by atoms with Gasteiger partial charge in [0, 0.05) is 38.1 Å². The quantitative estimate of drug-likeness (QED) is 0.774. The Morgan fingerprint density at radius 3 is 2.81 bits per heavy atom. The molecule has 8 nitrogen and oxygen atoms in total. The third kappa shape index (κ3) is 3.44. The molecule has 4 rings (SSSR count). The number of amides is 1. The van der Waals surface area contributed by atoms with E-state index < -0.39 is 0 Å². The zero-order valence-electron chi connectivity index (χ0n) is 14.4. The number of hydrogen-bond donors (Lipinski definition) is 1. The van der Waals surface area contributed by atoms with Gasteiger partial charge in [-0.2, -0.15) is 10.2 Å². The lowest BCUT2D eigenvalue weighted by Gasteiger charge is -2.31. The largest absolute Gasteiger partial charge is 0.473 e. The molecule has 1 N–H and O–H groups in total. The van der Waals surface area contributed by atoms with E-state index in [0.717, 1.165) is 18.5 Å². The molecule has 0 atom stereocenters. The molecule has 3 aromatic rings. The van der Waals surface area contributed by atoms with Crippen LogP contribution in [0.2, 0.25) is 0 Å².